The highest BCUT2D eigenvalue weighted by atomic mass is 35.5. The molecule has 1 saturated heterocycles. The molecule has 1 aliphatic rings. The number of hydrogen-bond acceptors (Lipinski definition) is 3. The van der Waals surface area contributed by atoms with Crippen LogP contribution >= 0.6 is 11.6 Å². The standard InChI is InChI=1S/C16H24ClN3O/c1-3-19(4-2)16(21)15-9-13(18)11-20(15)10-12-7-5-6-8-14(12)17/h5-8,13,15H,3-4,9-11,18H2,1-2H3/t13-,15-/m0/s1. The van der Waals surface area contributed by atoms with E-state index >= 15 is 0 Å². The highest BCUT2D eigenvalue weighted by Gasteiger charge is 2.36. The van der Waals surface area contributed by atoms with Crippen LogP contribution in [0.4, 0.5) is 0 Å². The summed E-state index contributed by atoms with van der Waals surface area (Å²) in [6.45, 7) is 6.90. The van der Waals surface area contributed by atoms with E-state index in [1.54, 1.807) is 0 Å². The highest BCUT2D eigenvalue weighted by molar-refractivity contribution is 6.31. The lowest BCUT2D eigenvalue weighted by molar-refractivity contribution is -0.135. The molecule has 2 atom stereocenters. The van der Waals surface area contributed by atoms with Crippen molar-refractivity contribution >= 4 is 17.5 Å². The summed E-state index contributed by atoms with van der Waals surface area (Å²) in [7, 11) is 0. The van der Waals surface area contributed by atoms with Crippen LogP contribution in [-0.2, 0) is 11.3 Å². The van der Waals surface area contributed by atoms with Gasteiger partial charge in [0.1, 0.15) is 0 Å². The summed E-state index contributed by atoms with van der Waals surface area (Å²) in [6, 6.07) is 7.70. The second-order valence-corrected chi connectivity index (χ2v) is 5.95. The van der Waals surface area contributed by atoms with Gasteiger partial charge in [0.15, 0.2) is 0 Å². The fourth-order valence-corrected chi connectivity index (χ4v) is 3.16. The molecule has 0 saturated carbocycles. The molecule has 21 heavy (non-hydrogen) atoms. The lowest BCUT2D eigenvalue weighted by atomic mass is 10.1. The van der Waals surface area contributed by atoms with E-state index < -0.39 is 0 Å². The van der Waals surface area contributed by atoms with Crippen LogP contribution in [0.5, 0.6) is 0 Å². The Morgan fingerprint density at radius 1 is 1.38 bits per heavy atom. The van der Waals surface area contributed by atoms with E-state index in [0.29, 0.717) is 6.54 Å². The minimum atomic E-state index is -0.129. The number of carbonyl (C=O) groups excluding carboxylic acids is 1. The normalized spacial score (nSPS) is 22.5. The number of benzene rings is 1. The van der Waals surface area contributed by atoms with Crippen molar-refractivity contribution in [2.45, 2.75) is 38.9 Å². The van der Waals surface area contributed by atoms with E-state index in [-0.39, 0.29) is 18.0 Å². The summed E-state index contributed by atoms with van der Waals surface area (Å²) < 4.78 is 0. The van der Waals surface area contributed by atoms with Crippen LogP contribution in [0.3, 0.4) is 0 Å². The Balaban J connectivity index is 2.13. The van der Waals surface area contributed by atoms with E-state index in [4.69, 9.17) is 17.3 Å². The molecule has 5 heteroatoms. The molecule has 4 nitrogen and oxygen atoms in total. The molecule has 1 amide bonds. The molecule has 0 spiro atoms. The minimum Gasteiger partial charge on any atom is -0.342 e. The van der Waals surface area contributed by atoms with Crippen molar-refractivity contribution in [2.75, 3.05) is 19.6 Å². The molecule has 1 aromatic rings. The Bertz CT molecular complexity index is 490. The molecule has 1 heterocycles. The molecule has 1 fully saturated rings. The zero-order chi connectivity index (χ0) is 15.4. The number of likely N-dealkylation sites (tertiary alicyclic amines) is 1. The Morgan fingerprint density at radius 3 is 2.67 bits per heavy atom. The van der Waals surface area contributed by atoms with Crippen molar-refractivity contribution in [1.82, 2.24) is 9.80 Å². The number of nitrogens with zero attached hydrogens (tertiary/aromatic N) is 2. The van der Waals surface area contributed by atoms with Gasteiger partial charge in [-0.3, -0.25) is 9.69 Å². The average Bonchev–Trinajstić information content (AvgIpc) is 2.83. The first-order valence-electron chi connectivity index (χ1n) is 7.58. The fraction of sp³-hybridized carbons (Fsp3) is 0.562. The van der Waals surface area contributed by atoms with Crippen molar-refractivity contribution in [1.29, 1.82) is 0 Å². The van der Waals surface area contributed by atoms with Gasteiger partial charge in [0.05, 0.1) is 6.04 Å². The van der Waals surface area contributed by atoms with Gasteiger partial charge < -0.3 is 10.6 Å². The summed E-state index contributed by atoms with van der Waals surface area (Å²) in [6.07, 6.45) is 0.722. The van der Waals surface area contributed by atoms with E-state index in [1.165, 1.54) is 0 Å². The molecule has 0 bridgehead atoms. The molecule has 1 aliphatic heterocycles. The van der Waals surface area contributed by atoms with Crippen LogP contribution in [0.25, 0.3) is 0 Å². The van der Waals surface area contributed by atoms with Crippen molar-refractivity contribution in [3.63, 3.8) is 0 Å². The molecule has 0 unspecified atom stereocenters. The third-order valence-electron chi connectivity index (χ3n) is 4.13. The maximum absolute atomic E-state index is 12.6. The Morgan fingerprint density at radius 2 is 2.05 bits per heavy atom. The van der Waals surface area contributed by atoms with Gasteiger partial charge in [-0.05, 0) is 31.9 Å². The molecule has 0 aliphatic carbocycles. The summed E-state index contributed by atoms with van der Waals surface area (Å²) >= 11 is 6.23. The van der Waals surface area contributed by atoms with Gasteiger partial charge in [-0.15, -0.1) is 0 Å². The van der Waals surface area contributed by atoms with Gasteiger partial charge in [-0.1, -0.05) is 29.8 Å². The Hall–Kier alpha value is -1.10. The molecule has 2 rings (SSSR count). The molecule has 1 aromatic carbocycles. The van der Waals surface area contributed by atoms with Crippen molar-refractivity contribution in [3.8, 4) is 0 Å². The van der Waals surface area contributed by atoms with Gasteiger partial charge in [0, 0.05) is 37.2 Å². The molecular formula is C16H24ClN3O. The molecule has 0 aromatic heterocycles. The quantitative estimate of drug-likeness (QED) is 0.906. The molecule has 2 N–H and O–H groups in total. The van der Waals surface area contributed by atoms with E-state index in [9.17, 15) is 4.79 Å². The van der Waals surface area contributed by atoms with Crippen LogP contribution < -0.4 is 5.73 Å². The first-order valence-corrected chi connectivity index (χ1v) is 7.96. The smallest absolute Gasteiger partial charge is 0.239 e. The van der Waals surface area contributed by atoms with Crippen molar-refractivity contribution in [3.05, 3.63) is 34.9 Å². The highest BCUT2D eigenvalue weighted by Crippen LogP contribution is 2.24. The number of amides is 1. The lowest BCUT2D eigenvalue weighted by Gasteiger charge is -2.29. The Kier molecular flexibility index (Phi) is 5.62. The van der Waals surface area contributed by atoms with Crippen LogP contribution in [-0.4, -0.2) is 47.4 Å². The number of likely N-dealkylation sites (N-methyl/N-ethyl adjacent to an activating group) is 1. The van der Waals surface area contributed by atoms with E-state index in [1.807, 2.05) is 43.0 Å². The van der Waals surface area contributed by atoms with Gasteiger partial charge in [0.2, 0.25) is 5.91 Å². The van der Waals surface area contributed by atoms with E-state index in [2.05, 4.69) is 4.90 Å². The first-order chi connectivity index (χ1) is 10.1. The van der Waals surface area contributed by atoms with E-state index in [0.717, 1.165) is 36.6 Å². The number of hydrogen-bond donors (Lipinski definition) is 1. The summed E-state index contributed by atoms with van der Waals surface area (Å²) in [5.41, 5.74) is 7.13. The minimum absolute atomic E-state index is 0.0528. The fourth-order valence-electron chi connectivity index (χ4n) is 2.96. The number of nitrogens with two attached hydrogens (primary N) is 1. The van der Waals surface area contributed by atoms with Gasteiger partial charge >= 0.3 is 0 Å². The second kappa shape index (κ2) is 7.25. The largest absolute Gasteiger partial charge is 0.342 e. The van der Waals surface area contributed by atoms with Crippen LogP contribution in [0.15, 0.2) is 24.3 Å². The third kappa shape index (κ3) is 3.76. The molecule has 116 valence electrons. The zero-order valence-electron chi connectivity index (χ0n) is 12.8. The Labute approximate surface area is 131 Å². The second-order valence-electron chi connectivity index (χ2n) is 5.54. The average molecular weight is 310 g/mol. The maximum Gasteiger partial charge on any atom is 0.239 e. The van der Waals surface area contributed by atoms with Crippen LogP contribution in [0.1, 0.15) is 25.8 Å². The molecular weight excluding hydrogens is 286 g/mol. The van der Waals surface area contributed by atoms with Crippen LogP contribution in [0.2, 0.25) is 5.02 Å². The maximum atomic E-state index is 12.6. The number of halogens is 1. The van der Waals surface area contributed by atoms with Gasteiger partial charge in [0.25, 0.3) is 0 Å². The predicted octanol–water partition coefficient (Wildman–Crippen LogP) is 2.11. The summed E-state index contributed by atoms with van der Waals surface area (Å²) in [5, 5.41) is 0.743. The van der Waals surface area contributed by atoms with Crippen molar-refractivity contribution < 1.29 is 4.79 Å². The summed E-state index contributed by atoms with van der Waals surface area (Å²) in [4.78, 5) is 16.7. The summed E-state index contributed by atoms with van der Waals surface area (Å²) in [5.74, 6) is 0.181. The third-order valence-corrected chi connectivity index (χ3v) is 4.50. The SMILES string of the molecule is CCN(CC)C(=O)[C@@H]1C[C@H](N)CN1Cc1ccccc1Cl. The van der Waals surface area contributed by atoms with Crippen molar-refractivity contribution in [2.24, 2.45) is 5.73 Å². The topological polar surface area (TPSA) is 49.6 Å². The lowest BCUT2D eigenvalue weighted by Crippen LogP contribution is -2.45. The van der Waals surface area contributed by atoms with Gasteiger partial charge in [-0.2, -0.15) is 0 Å². The number of carbonyl (C=O) groups is 1. The molecule has 0 radical (unpaired) electrons. The van der Waals surface area contributed by atoms with Gasteiger partial charge in [-0.25, -0.2) is 0 Å². The monoisotopic (exact) mass is 309 g/mol. The first kappa shape index (κ1) is 16.3. The predicted molar refractivity (Wildman–Crippen MR) is 86.2 cm³/mol. The zero-order valence-corrected chi connectivity index (χ0v) is 13.5. The number of rotatable bonds is 5. The van der Waals surface area contributed by atoms with Crippen LogP contribution in [0, 0.1) is 0 Å².